The average Bonchev–Trinajstić information content (AvgIpc) is 3.07. The van der Waals surface area contributed by atoms with Crippen molar-refractivity contribution in [1.29, 1.82) is 0 Å². The van der Waals surface area contributed by atoms with Crippen LogP contribution >= 0.6 is 0 Å². The Kier molecular flexibility index (Phi) is 3.51. The number of carbonyl (C=O) groups is 1. The Morgan fingerprint density at radius 3 is 2.17 bits per heavy atom. The van der Waals surface area contributed by atoms with Crippen LogP contribution in [-0.4, -0.2) is 21.5 Å². The Morgan fingerprint density at radius 1 is 0.833 bits per heavy atom. The summed E-state index contributed by atoms with van der Waals surface area (Å²) in [5.41, 5.74) is 4.21. The van der Waals surface area contributed by atoms with E-state index < -0.39 is 0 Å². The predicted octanol–water partition coefficient (Wildman–Crippen LogP) is 3.62. The maximum Gasteiger partial charge on any atom is 0.298 e. The third-order valence-corrected chi connectivity index (χ3v) is 3.74. The molecule has 3 aromatic carbocycles. The molecule has 0 aliphatic carbocycles. The molecule has 0 unspecified atom stereocenters. The Labute approximate surface area is 138 Å². The normalized spacial score (nSPS) is 10.7. The van der Waals surface area contributed by atoms with Crippen molar-refractivity contribution in [2.45, 2.75) is 0 Å². The maximum atomic E-state index is 10.8. The molecule has 5 heteroatoms. The molecule has 0 saturated carbocycles. The minimum absolute atomic E-state index is 0.432. The summed E-state index contributed by atoms with van der Waals surface area (Å²) in [5, 5.41) is 8.98. The molecule has 4 aromatic rings. The highest BCUT2D eigenvalue weighted by Crippen LogP contribution is 2.31. The van der Waals surface area contributed by atoms with Gasteiger partial charge >= 0.3 is 0 Å². The highest BCUT2D eigenvalue weighted by atomic mass is 16.5. The van der Waals surface area contributed by atoms with Crippen LogP contribution in [-0.2, 0) is 4.79 Å². The van der Waals surface area contributed by atoms with E-state index in [0.717, 1.165) is 27.8 Å². The Balaban J connectivity index is 1.86. The van der Waals surface area contributed by atoms with Gasteiger partial charge in [-0.25, -0.2) is 0 Å². The van der Waals surface area contributed by atoms with Gasteiger partial charge in [0.05, 0.1) is 5.69 Å². The second kappa shape index (κ2) is 5.96. The molecule has 1 aromatic heterocycles. The molecule has 0 bridgehead atoms. The molecule has 0 aliphatic heterocycles. The number of hydrogen-bond donors (Lipinski definition) is 0. The summed E-state index contributed by atoms with van der Waals surface area (Å²) in [6.45, 7) is 0.432. The fourth-order valence-electron chi connectivity index (χ4n) is 2.62. The van der Waals surface area contributed by atoms with E-state index >= 15 is 0 Å². The van der Waals surface area contributed by atoms with Crippen molar-refractivity contribution in [3.05, 3.63) is 72.8 Å². The molecule has 0 atom stereocenters. The van der Waals surface area contributed by atoms with Gasteiger partial charge in [-0.15, -0.1) is 10.2 Å². The second-order valence-corrected chi connectivity index (χ2v) is 5.24. The van der Waals surface area contributed by atoms with E-state index in [1.807, 2.05) is 66.7 Å². The van der Waals surface area contributed by atoms with E-state index in [2.05, 4.69) is 10.2 Å². The van der Waals surface area contributed by atoms with Crippen LogP contribution in [0.15, 0.2) is 72.8 Å². The largest absolute Gasteiger partial charge is 0.428 e. The molecule has 5 nitrogen and oxygen atoms in total. The summed E-state index contributed by atoms with van der Waals surface area (Å²) in [6.07, 6.45) is 0. The molecular weight excluding hydrogens is 302 g/mol. The first kappa shape index (κ1) is 14.1. The molecule has 0 fully saturated rings. The van der Waals surface area contributed by atoms with Gasteiger partial charge in [0.2, 0.25) is 0 Å². The van der Waals surface area contributed by atoms with Crippen LogP contribution in [0, 0.1) is 0 Å². The molecular formula is C19H13N3O2. The lowest BCUT2D eigenvalue weighted by atomic mass is 10.0. The van der Waals surface area contributed by atoms with Crippen molar-refractivity contribution in [2.75, 3.05) is 0 Å². The number of carbonyl (C=O) groups excluding carboxylic acids is 1. The van der Waals surface area contributed by atoms with E-state index in [0.29, 0.717) is 12.2 Å². The number of benzene rings is 3. The van der Waals surface area contributed by atoms with Crippen LogP contribution in [0.1, 0.15) is 0 Å². The fraction of sp³-hybridized carbons (Fsp3) is 0. The summed E-state index contributed by atoms with van der Waals surface area (Å²) in [5.74, 6) is 0.497. The lowest BCUT2D eigenvalue weighted by Gasteiger charge is -2.09. The van der Waals surface area contributed by atoms with Gasteiger partial charge in [-0.2, -0.15) is 4.80 Å². The van der Waals surface area contributed by atoms with E-state index in [1.165, 1.54) is 0 Å². The van der Waals surface area contributed by atoms with Crippen molar-refractivity contribution >= 4 is 17.5 Å². The van der Waals surface area contributed by atoms with Crippen LogP contribution in [0.3, 0.4) is 0 Å². The monoisotopic (exact) mass is 315 g/mol. The van der Waals surface area contributed by atoms with Crippen LogP contribution in [0.25, 0.3) is 27.8 Å². The van der Waals surface area contributed by atoms with Gasteiger partial charge in [-0.3, -0.25) is 4.79 Å². The first-order valence-electron chi connectivity index (χ1n) is 7.47. The topological polar surface area (TPSA) is 57.0 Å². The van der Waals surface area contributed by atoms with Crippen LogP contribution in [0.5, 0.6) is 5.75 Å². The van der Waals surface area contributed by atoms with E-state index in [4.69, 9.17) is 4.74 Å². The molecule has 4 rings (SSSR count). The standard InChI is InChI=1S/C19H13N3O2/c23-13-24-19-11-10-15(12-16(19)14-6-2-1-3-7-14)22-20-17-8-4-5-9-18(17)21-22/h1-13H. The zero-order chi connectivity index (χ0) is 16.4. The first-order chi connectivity index (χ1) is 11.8. The lowest BCUT2D eigenvalue weighted by Crippen LogP contribution is -2.00. The minimum Gasteiger partial charge on any atom is -0.428 e. The zero-order valence-corrected chi connectivity index (χ0v) is 12.7. The van der Waals surface area contributed by atoms with Crippen molar-refractivity contribution in [1.82, 2.24) is 15.0 Å². The molecule has 0 radical (unpaired) electrons. The third kappa shape index (κ3) is 2.52. The smallest absolute Gasteiger partial charge is 0.298 e. The quantitative estimate of drug-likeness (QED) is 0.540. The highest BCUT2D eigenvalue weighted by Gasteiger charge is 2.11. The predicted molar refractivity (Wildman–Crippen MR) is 91.0 cm³/mol. The van der Waals surface area contributed by atoms with E-state index in [9.17, 15) is 4.79 Å². The van der Waals surface area contributed by atoms with Crippen molar-refractivity contribution in [2.24, 2.45) is 0 Å². The lowest BCUT2D eigenvalue weighted by molar-refractivity contribution is -0.120. The van der Waals surface area contributed by atoms with Gasteiger partial charge in [-0.1, -0.05) is 42.5 Å². The van der Waals surface area contributed by atoms with Crippen molar-refractivity contribution < 1.29 is 9.53 Å². The second-order valence-electron chi connectivity index (χ2n) is 5.24. The average molecular weight is 315 g/mol. The molecule has 0 N–H and O–H groups in total. The zero-order valence-electron chi connectivity index (χ0n) is 12.7. The molecule has 0 spiro atoms. The molecule has 0 saturated heterocycles. The number of aromatic nitrogens is 3. The van der Waals surface area contributed by atoms with Gasteiger partial charge in [0.15, 0.2) is 0 Å². The highest BCUT2D eigenvalue weighted by molar-refractivity contribution is 5.76. The molecule has 1 heterocycles. The molecule has 116 valence electrons. The summed E-state index contributed by atoms with van der Waals surface area (Å²) in [7, 11) is 0. The molecule has 24 heavy (non-hydrogen) atoms. The number of fused-ring (bicyclic) bond motifs is 1. The maximum absolute atomic E-state index is 10.8. The van der Waals surface area contributed by atoms with Gasteiger partial charge in [0, 0.05) is 5.56 Å². The minimum atomic E-state index is 0.432. The van der Waals surface area contributed by atoms with Crippen LogP contribution < -0.4 is 4.74 Å². The van der Waals surface area contributed by atoms with Gasteiger partial charge in [-0.05, 0) is 35.9 Å². The van der Waals surface area contributed by atoms with Gasteiger partial charge in [0.25, 0.3) is 6.47 Å². The van der Waals surface area contributed by atoms with Crippen molar-refractivity contribution in [3.63, 3.8) is 0 Å². The van der Waals surface area contributed by atoms with E-state index in [1.54, 1.807) is 10.9 Å². The van der Waals surface area contributed by atoms with Crippen LogP contribution in [0.2, 0.25) is 0 Å². The Bertz CT molecular complexity index is 976. The summed E-state index contributed by atoms with van der Waals surface area (Å²) < 4.78 is 5.11. The molecule has 0 amide bonds. The Hall–Kier alpha value is -3.47. The fourth-order valence-corrected chi connectivity index (χ4v) is 2.62. The molecule has 0 aliphatic rings. The third-order valence-electron chi connectivity index (χ3n) is 3.74. The number of hydrogen-bond acceptors (Lipinski definition) is 4. The first-order valence-corrected chi connectivity index (χ1v) is 7.47. The van der Waals surface area contributed by atoms with Crippen LogP contribution in [0.4, 0.5) is 0 Å². The number of ether oxygens (including phenoxy) is 1. The SMILES string of the molecule is O=COc1ccc(-n2nc3ccccc3n2)cc1-c1ccccc1. The van der Waals surface area contributed by atoms with Gasteiger partial charge in [0.1, 0.15) is 16.8 Å². The summed E-state index contributed by atoms with van der Waals surface area (Å²) in [6, 6.07) is 22.9. The van der Waals surface area contributed by atoms with Crippen molar-refractivity contribution in [3.8, 4) is 22.6 Å². The summed E-state index contributed by atoms with van der Waals surface area (Å²) >= 11 is 0. The number of nitrogens with zero attached hydrogens (tertiary/aromatic N) is 3. The Morgan fingerprint density at radius 2 is 1.50 bits per heavy atom. The summed E-state index contributed by atoms with van der Waals surface area (Å²) in [4.78, 5) is 12.4. The van der Waals surface area contributed by atoms with Gasteiger partial charge < -0.3 is 4.74 Å². The van der Waals surface area contributed by atoms with E-state index in [-0.39, 0.29) is 0 Å². The number of rotatable bonds is 4.